The van der Waals surface area contributed by atoms with E-state index < -0.39 is 50.5 Å². The molecule has 3 N–H and O–H groups in total. The van der Waals surface area contributed by atoms with Gasteiger partial charge in [0.2, 0.25) is 11.3 Å². The van der Waals surface area contributed by atoms with E-state index in [0.717, 1.165) is 18.2 Å². The third-order valence-electron chi connectivity index (χ3n) is 5.78. The number of pyridine rings is 1. The smallest absolute Gasteiger partial charge is 0.250 e. The molecule has 0 saturated heterocycles. The number of rotatable bonds is 9. The van der Waals surface area contributed by atoms with Crippen LogP contribution in [0.2, 0.25) is 0 Å². The molecule has 0 saturated carbocycles. The molecule has 1 heterocycles. The number of hydrogen-bond acceptors (Lipinski definition) is 4. The van der Waals surface area contributed by atoms with E-state index in [1.807, 2.05) is 0 Å². The van der Waals surface area contributed by atoms with Crippen molar-refractivity contribution in [3.05, 3.63) is 92.9 Å². The molecule has 204 valence electrons. The van der Waals surface area contributed by atoms with Gasteiger partial charge in [0.05, 0.1) is 15.7 Å². The Hall–Kier alpha value is -2.90. The van der Waals surface area contributed by atoms with Crippen LogP contribution >= 0.6 is 0 Å². The van der Waals surface area contributed by atoms with Gasteiger partial charge in [-0.3, -0.25) is 14.1 Å². The van der Waals surface area contributed by atoms with Crippen molar-refractivity contribution in [2.75, 3.05) is 0 Å². The SMILES string of the molecule is C[C@H](NS(=O)C(C)(C)C)c1cc(=O)n(C)cc1-c1cc(CNS(=O)O)c(F)cc1C(=O)c1ccc(F)cc1. The highest BCUT2D eigenvalue weighted by molar-refractivity contribution is 7.84. The maximum absolute atomic E-state index is 15.1. The molecule has 0 aliphatic heterocycles. The van der Waals surface area contributed by atoms with Crippen LogP contribution in [0.5, 0.6) is 0 Å². The Morgan fingerprint density at radius 1 is 1.08 bits per heavy atom. The highest BCUT2D eigenvalue weighted by atomic mass is 32.2. The number of ketones is 1. The Labute approximate surface area is 224 Å². The van der Waals surface area contributed by atoms with Crippen LogP contribution in [0.25, 0.3) is 11.1 Å². The van der Waals surface area contributed by atoms with Crippen LogP contribution in [0.15, 0.2) is 53.5 Å². The molecule has 3 rings (SSSR count). The zero-order chi connectivity index (χ0) is 28.4. The van der Waals surface area contributed by atoms with E-state index in [-0.39, 0.29) is 34.4 Å². The second-order valence-electron chi connectivity index (χ2n) is 9.71. The maximum Gasteiger partial charge on any atom is 0.250 e. The van der Waals surface area contributed by atoms with Crippen LogP contribution in [0, 0.1) is 11.6 Å². The fourth-order valence-electron chi connectivity index (χ4n) is 3.69. The Balaban J connectivity index is 2.27. The number of benzene rings is 2. The van der Waals surface area contributed by atoms with Crippen molar-refractivity contribution in [3.8, 4) is 11.1 Å². The lowest BCUT2D eigenvalue weighted by molar-refractivity contribution is 0.103. The van der Waals surface area contributed by atoms with Gasteiger partial charge >= 0.3 is 0 Å². The lowest BCUT2D eigenvalue weighted by atomic mass is 9.89. The molecule has 38 heavy (non-hydrogen) atoms. The van der Waals surface area contributed by atoms with E-state index in [1.54, 1.807) is 27.7 Å². The number of aryl methyl sites for hydroxylation is 1. The van der Waals surface area contributed by atoms with Gasteiger partial charge in [0.1, 0.15) is 11.6 Å². The van der Waals surface area contributed by atoms with Gasteiger partial charge in [0.15, 0.2) is 5.78 Å². The molecule has 3 aromatic rings. The van der Waals surface area contributed by atoms with E-state index in [0.29, 0.717) is 11.1 Å². The average molecular weight is 566 g/mol. The minimum absolute atomic E-state index is 0.00302. The summed E-state index contributed by atoms with van der Waals surface area (Å²) in [5.41, 5.74) is 0.724. The molecule has 0 amide bonds. The highest BCUT2D eigenvalue weighted by Crippen LogP contribution is 2.34. The molecule has 1 aromatic heterocycles. The van der Waals surface area contributed by atoms with Crippen molar-refractivity contribution in [2.24, 2.45) is 7.05 Å². The van der Waals surface area contributed by atoms with Crippen LogP contribution < -0.4 is 15.0 Å². The number of carbonyl (C=O) groups excluding carboxylic acids is 1. The molecule has 2 aromatic carbocycles. The maximum atomic E-state index is 15.1. The van der Waals surface area contributed by atoms with Gasteiger partial charge in [0, 0.05) is 54.2 Å². The molecular weight excluding hydrogens is 536 g/mol. The number of nitrogens with zero attached hydrogens (tertiary/aromatic N) is 1. The van der Waals surface area contributed by atoms with Crippen LogP contribution in [-0.4, -0.2) is 28.1 Å². The molecule has 2 unspecified atom stereocenters. The number of hydrogen-bond donors (Lipinski definition) is 3. The largest absolute Gasteiger partial charge is 0.318 e. The first-order valence-electron chi connectivity index (χ1n) is 11.5. The first kappa shape index (κ1) is 29.7. The molecule has 0 bridgehead atoms. The lowest BCUT2D eigenvalue weighted by Crippen LogP contribution is -2.35. The number of carbonyl (C=O) groups is 1. The summed E-state index contributed by atoms with van der Waals surface area (Å²) in [5.74, 6) is -1.94. The second-order valence-corrected chi connectivity index (χ2v) is 12.5. The summed E-state index contributed by atoms with van der Waals surface area (Å²) in [4.78, 5) is 26.1. The summed E-state index contributed by atoms with van der Waals surface area (Å²) in [6.07, 6.45) is 1.49. The standard InChI is InChI=1S/C26H29F2N3O5S2/c1-15(30-37(34)26(2,3)4)19-12-24(32)31(5)14-22(19)20-10-17(13-29-38(35)36)23(28)11-21(20)25(33)16-6-8-18(27)9-7-16/h6-12,14-15,29-30H,13H2,1-5H3,(H,35,36)/t15-,37?/m0/s1. The van der Waals surface area contributed by atoms with Crippen LogP contribution in [0.4, 0.5) is 8.78 Å². The normalized spacial score (nSPS) is 14.2. The summed E-state index contributed by atoms with van der Waals surface area (Å²) in [6, 6.07) is 7.89. The van der Waals surface area contributed by atoms with Gasteiger partial charge in [-0.25, -0.2) is 26.6 Å². The molecule has 0 radical (unpaired) electrons. The number of halogens is 2. The molecule has 12 heteroatoms. The average Bonchev–Trinajstić information content (AvgIpc) is 2.83. The summed E-state index contributed by atoms with van der Waals surface area (Å²) >= 11 is -2.41. The van der Waals surface area contributed by atoms with Crippen molar-refractivity contribution in [3.63, 3.8) is 0 Å². The van der Waals surface area contributed by atoms with Crippen molar-refractivity contribution < 1.29 is 26.5 Å². The van der Waals surface area contributed by atoms with Gasteiger partial charge in [-0.15, -0.1) is 0 Å². The molecule has 3 atom stereocenters. The van der Waals surface area contributed by atoms with E-state index >= 15 is 4.39 Å². The molecular formula is C26H29F2N3O5S2. The fourth-order valence-corrected chi connectivity index (χ4v) is 4.77. The van der Waals surface area contributed by atoms with Gasteiger partial charge in [-0.05, 0) is 75.2 Å². The van der Waals surface area contributed by atoms with Crippen molar-refractivity contribution in [2.45, 2.75) is 45.0 Å². The third-order valence-corrected chi connectivity index (χ3v) is 7.85. The van der Waals surface area contributed by atoms with E-state index in [9.17, 15) is 22.4 Å². The summed E-state index contributed by atoms with van der Waals surface area (Å²) in [5, 5.41) is 0. The Morgan fingerprint density at radius 2 is 1.71 bits per heavy atom. The Bertz CT molecular complexity index is 1470. The van der Waals surface area contributed by atoms with Crippen LogP contribution in [0.3, 0.4) is 0 Å². The summed E-state index contributed by atoms with van der Waals surface area (Å²) in [6.45, 7) is 6.76. The van der Waals surface area contributed by atoms with E-state index in [4.69, 9.17) is 4.55 Å². The summed E-state index contributed by atoms with van der Waals surface area (Å²) < 4.78 is 67.6. The lowest BCUT2D eigenvalue weighted by Gasteiger charge is -2.24. The van der Waals surface area contributed by atoms with Crippen LogP contribution in [0.1, 0.15) is 60.8 Å². The minimum atomic E-state index is -2.41. The van der Waals surface area contributed by atoms with Gasteiger partial charge in [0.25, 0.3) is 5.56 Å². The minimum Gasteiger partial charge on any atom is -0.318 e. The third kappa shape index (κ3) is 6.94. The first-order chi connectivity index (χ1) is 17.7. The topological polar surface area (TPSA) is 118 Å². The molecule has 0 fully saturated rings. The van der Waals surface area contributed by atoms with Crippen molar-refractivity contribution >= 4 is 28.0 Å². The summed E-state index contributed by atoms with van der Waals surface area (Å²) in [7, 11) is 0.0173. The van der Waals surface area contributed by atoms with E-state index in [2.05, 4.69) is 9.44 Å². The molecule has 0 aliphatic carbocycles. The first-order valence-corrected chi connectivity index (χ1v) is 13.8. The molecule has 0 spiro atoms. The number of aromatic nitrogens is 1. The van der Waals surface area contributed by atoms with Gasteiger partial charge < -0.3 is 4.57 Å². The molecule has 8 nitrogen and oxygen atoms in total. The van der Waals surface area contributed by atoms with E-state index in [1.165, 1.54) is 42.1 Å². The van der Waals surface area contributed by atoms with Gasteiger partial charge in [-0.2, -0.15) is 0 Å². The fraction of sp³-hybridized carbons (Fsp3) is 0.308. The van der Waals surface area contributed by atoms with Crippen molar-refractivity contribution in [1.29, 1.82) is 0 Å². The highest BCUT2D eigenvalue weighted by Gasteiger charge is 2.26. The quantitative estimate of drug-likeness (QED) is 0.269. The second kappa shape index (κ2) is 11.9. The Kier molecular flexibility index (Phi) is 9.26. The Morgan fingerprint density at radius 3 is 2.29 bits per heavy atom. The monoisotopic (exact) mass is 565 g/mol. The predicted molar refractivity (Wildman–Crippen MR) is 144 cm³/mol. The molecule has 0 aliphatic rings. The predicted octanol–water partition coefficient (Wildman–Crippen LogP) is 3.90. The zero-order valence-electron chi connectivity index (χ0n) is 21.5. The van der Waals surface area contributed by atoms with Crippen molar-refractivity contribution in [1.82, 2.24) is 14.0 Å². The van der Waals surface area contributed by atoms with Crippen LogP contribution in [-0.2, 0) is 35.8 Å². The zero-order valence-corrected chi connectivity index (χ0v) is 23.1. The number of nitrogens with one attached hydrogen (secondary N) is 2. The van der Waals surface area contributed by atoms with Gasteiger partial charge in [-0.1, -0.05) is 0 Å².